The number of fused-ring (bicyclic) bond motifs is 5. The summed E-state index contributed by atoms with van der Waals surface area (Å²) >= 11 is 0. The Kier molecular flexibility index (Phi) is 3.53. The molecule has 1 aromatic carbocycles. The topological polar surface area (TPSA) is 71.0 Å². The van der Waals surface area contributed by atoms with Crippen molar-refractivity contribution in [1.82, 2.24) is 19.4 Å². The van der Waals surface area contributed by atoms with E-state index in [0.717, 1.165) is 37.3 Å². The number of nitrogens with one attached hydrogen (secondary N) is 1. The van der Waals surface area contributed by atoms with Crippen LogP contribution in [0.1, 0.15) is 23.9 Å². The molecule has 0 aliphatic carbocycles. The van der Waals surface area contributed by atoms with E-state index in [1.165, 1.54) is 0 Å². The molecule has 1 N–H and O–H groups in total. The van der Waals surface area contributed by atoms with E-state index in [-0.39, 0.29) is 11.1 Å². The van der Waals surface area contributed by atoms with Crippen LogP contribution in [-0.4, -0.2) is 32.5 Å². The van der Waals surface area contributed by atoms with Crippen LogP contribution in [-0.2, 0) is 13.1 Å². The third-order valence-electron chi connectivity index (χ3n) is 5.59. The maximum Gasteiger partial charge on any atom is 0.258 e. The van der Waals surface area contributed by atoms with Gasteiger partial charge < -0.3 is 9.55 Å². The second-order valence-corrected chi connectivity index (χ2v) is 7.42. The van der Waals surface area contributed by atoms with E-state index >= 15 is 0 Å². The summed E-state index contributed by atoms with van der Waals surface area (Å²) in [6, 6.07) is 13.0. The van der Waals surface area contributed by atoms with Crippen LogP contribution in [0.25, 0.3) is 10.9 Å². The molecule has 0 amide bonds. The number of piperidine rings is 1. The molecule has 0 spiro atoms. The molecule has 0 saturated carbocycles. The van der Waals surface area contributed by atoms with Gasteiger partial charge in [0.2, 0.25) is 0 Å². The van der Waals surface area contributed by atoms with E-state index in [2.05, 4.69) is 20.9 Å². The zero-order valence-corrected chi connectivity index (χ0v) is 14.4. The highest BCUT2D eigenvalue weighted by Gasteiger charge is 2.34. The first-order valence-corrected chi connectivity index (χ1v) is 9.07. The standard InChI is InChI=1S/C20H20N4O2/c25-19-7-3-6-17-14-8-13(10-24(17)19)9-23(11-14)12-18-21-16-5-2-1-4-15(16)20(26)22-18/h1-7,13-14H,8-12H2,(H,21,22,26). The van der Waals surface area contributed by atoms with Gasteiger partial charge in [-0.2, -0.15) is 0 Å². The molecule has 2 aliphatic heterocycles. The van der Waals surface area contributed by atoms with Crippen molar-refractivity contribution in [2.24, 2.45) is 5.92 Å². The minimum atomic E-state index is -0.0836. The van der Waals surface area contributed by atoms with Crippen molar-refractivity contribution >= 4 is 10.9 Å². The van der Waals surface area contributed by atoms with Crippen LogP contribution in [0.5, 0.6) is 0 Å². The summed E-state index contributed by atoms with van der Waals surface area (Å²) in [7, 11) is 0. The van der Waals surface area contributed by atoms with Gasteiger partial charge in [-0.25, -0.2) is 4.98 Å². The van der Waals surface area contributed by atoms with Gasteiger partial charge in [-0.3, -0.25) is 14.5 Å². The lowest BCUT2D eigenvalue weighted by Gasteiger charge is -2.42. The highest BCUT2D eigenvalue weighted by Crippen LogP contribution is 2.35. The fraction of sp³-hybridized carbons (Fsp3) is 0.350. The fourth-order valence-corrected chi connectivity index (χ4v) is 4.55. The number of benzene rings is 1. The normalized spacial score (nSPS) is 22.3. The Morgan fingerprint density at radius 1 is 1.04 bits per heavy atom. The largest absolute Gasteiger partial charge is 0.312 e. The number of aromatic nitrogens is 3. The lowest BCUT2D eigenvalue weighted by molar-refractivity contribution is 0.112. The maximum absolute atomic E-state index is 12.3. The maximum atomic E-state index is 12.3. The number of para-hydroxylation sites is 1. The number of likely N-dealkylation sites (tertiary alicyclic amines) is 1. The molecule has 4 heterocycles. The van der Waals surface area contributed by atoms with Crippen molar-refractivity contribution in [3.8, 4) is 0 Å². The van der Waals surface area contributed by atoms with Crippen LogP contribution in [0.3, 0.4) is 0 Å². The highest BCUT2D eigenvalue weighted by atomic mass is 16.1. The summed E-state index contributed by atoms with van der Waals surface area (Å²) < 4.78 is 1.94. The molecule has 2 unspecified atom stereocenters. The van der Waals surface area contributed by atoms with E-state index in [0.29, 0.717) is 29.6 Å². The molecular formula is C20H20N4O2. The Balaban J connectivity index is 1.43. The van der Waals surface area contributed by atoms with Gasteiger partial charge in [0.1, 0.15) is 5.82 Å². The molecule has 2 bridgehead atoms. The molecule has 1 saturated heterocycles. The van der Waals surface area contributed by atoms with Crippen LogP contribution >= 0.6 is 0 Å². The van der Waals surface area contributed by atoms with E-state index in [1.54, 1.807) is 12.1 Å². The van der Waals surface area contributed by atoms with Gasteiger partial charge in [0, 0.05) is 37.3 Å². The molecule has 26 heavy (non-hydrogen) atoms. The van der Waals surface area contributed by atoms with Crippen LogP contribution in [0.2, 0.25) is 0 Å². The minimum absolute atomic E-state index is 0.0836. The van der Waals surface area contributed by atoms with Gasteiger partial charge >= 0.3 is 0 Å². The first-order chi connectivity index (χ1) is 12.7. The van der Waals surface area contributed by atoms with Crippen LogP contribution < -0.4 is 11.1 Å². The van der Waals surface area contributed by atoms with Gasteiger partial charge in [-0.1, -0.05) is 18.2 Å². The number of pyridine rings is 1. The highest BCUT2D eigenvalue weighted by molar-refractivity contribution is 5.77. The van der Waals surface area contributed by atoms with Gasteiger partial charge in [0.05, 0.1) is 17.4 Å². The molecule has 2 aliphatic rings. The Hall–Kier alpha value is -2.73. The Bertz CT molecular complexity index is 1100. The van der Waals surface area contributed by atoms with Crippen molar-refractivity contribution in [3.05, 3.63) is 74.7 Å². The molecule has 1 fully saturated rings. The predicted molar refractivity (Wildman–Crippen MR) is 99.2 cm³/mol. The van der Waals surface area contributed by atoms with Crippen molar-refractivity contribution in [2.75, 3.05) is 13.1 Å². The lowest BCUT2D eigenvalue weighted by atomic mass is 9.83. The van der Waals surface area contributed by atoms with Gasteiger partial charge in [0.15, 0.2) is 0 Å². The van der Waals surface area contributed by atoms with E-state index in [4.69, 9.17) is 0 Å². The minimum Gasteiger partial charge on any atom is -0.312 e. The summed E-state index contributed by atoms with van der Waals surface area (Å²) in [5, 5.41) is 0.625. The first-order valence-electron chi connectivity index (χ1n) is 9.07. The van der Waals surface area contributed by atoms with E-state index in [1.807, 2.05) is 28.8 Å². The predicted octanol–water partition coefficient (Wildman–Crippen LogP) is 1.70. The molecule has 0 radical (unpaired) electrons. The molecule has 6 heteroatoms. The van der Waals surface area contributed by atoms with Gasteiger partial charge in [-0.05, 0) is 30.5 Å². The first kappa shape index (κ1) is 15.5. The third-order valence-corrected chi connectivity index (χ3v) is 5.59. The molecule has 2 aromatic heterocycles. The summed E-state index contributed by atoms with van der Waals surface area (Å²) in [6.07, 6.45) is 1.13. The molecule has 5 rings (SSSR count). The van der Waals surface area contributed by atoms with Crippen LogP contribution in [0.4, 0.5) is 0 Å². The van der Waals surface area contributed by atoms with Crippen molar-refractivity contribution in [3.63, 3.8) is 0 Å². The molecule has 2 atom stereocenters. The fourth-order valence-electron chi connectivity index (χ4n) is 4.55. The van der Waals surface area contributed by atoms with Crippen LogP contribution in [0.15, 0.2) is 52.1 Å². The summed E-state index contributed by atoms with van der Waals surface area (Å²) in [5.74, 6) is 1.54. The van der Waals surface area contributed by atoms with Crippen LogP contribution in [0, 0.1) is 5.92 Å². The number of aromatic amines is 1. The van der Waals surface area contributed by atoms with Gasteiger partial charge in [0.25, 0.3) is 11.1 Å². The number of rotatable bonds is 2. The summed E-state index contributed by atoms with van der Waals surface area (Å²) in [6.45, 7) is 3.22. The monoisotopic (exact) mass is 348 g/mol. The lowest BCUT2D eigenvalue weighted by Crippen LogP contribution is -2.46. The number of hydrogen-bond acceptors (Lipinski definition) is 4. The summed E-state index contributed by atoms with van der Waals surface area (Å²) in [5.41, 5.74) is 1.89. The quantitative estimate of drug-likeness (QED) is 0.765. The van der Waals surface area contributed by atoms with Crippen molar-refractivity contribution in [2.45, 2.75) is 25.4 Å². The van der Waals surface area contributed by atoms with Gasteiger partial charge in [-0.15, -0.1) is 0 Å². The average molecular weight is 348 g/mol. The number of H-pyrrole nitrogens is 1. The number of hydrogen-bond donors (Lipinski definition) is 1. The zero-order valence-electron chi connectivity index (χ0n) is 14.4. The average Bonchev–Trinajstić information content (AvgIpc) is 2.63. The second kappa shape index (κ2) is 5.92. The van der Waals surface area contributed by atoms with E-state index in [9.17, 15) is 9.59 Å². The Morgan fingerprint density at radius 3 is 2.85 bits per heavy atom. The van der Waals surface area contributed by atoms with Crippen molar-refractivity contribution < 1.29 is 0 Å². The zero-order chi connectivity index (χ0) is 17.7. The smallest absolute Gasteiger partial charge is 0.258 e. The van der Waals surface area contributed by atoms with Crippen molar-refractivity contribution in [1.29, 1.82) is 0 Å². The third kappa shape index (κ3) is 2.57. The Labute approximate surface area is 150 Å². The molecule has 3 aromatic rings. The summed E-state index contributed by atoms with van der Waals surface area (Å²) in [4.78, 5) is 34.3. The SMILES string of the molecule is O=c1[nH]c(CN2CC3CC(C2)c2cccc(=O)n2C3)nc2ccccc12. The Morgan fingerprint density at radius 2 is 1.92 bits per heavy atom. The van der Waals surface area contributed by atoms with E-state index < -0.39 is 0 Å². The molecule has 6 nitrogen and oxygen atoms in total. The molecular weight excluding hydrogens is 328 g/mol. The number of nitrogens with zero attached hydrogens (tertiary/aromatic N) is 3. The second-order valence-electron chi connectivity index (χ2n) is 7.42. The molecule has 132 valence electrons.